The van der Waals surface area contributed by atoms with Crippen LogP contribution < -0.4 is 0 Å². The number of aromatic nitrogens is 2. The first-order valence-electron chi connectivity index (χ1n) is 13.6. The van der Waals surface area contributed by atoms with Crippen molar-refractivity contribution in [2.45, 2.75) is 38.1 Å². The fourth-order valence-corrected chi connectivity index (χ4v) is 4.70. The maximum atomic E-state index is 11.5. The van der Waals surface area contributed by atoms with Crippen LogP contribution in [0, 0.1) is 0 Å². The minimum absolute atomic E-state index is 0.0714. The molecule has 0 saturated heterocycles. The number of halogens is 1. The van der Waals surface area contributed by atoms with Crippen LogP contribution in [-0.2, 0) is 34.0 Å². The van der Waals surface area contributed by atoms with Gasteiger partial charge in [-0.25, -0.2) is 4.68 Å². The normalized spacial score (nSPS) is 13.5. The van der Waals surface area contributed by atoms with Crippen LogP contribution in [0.3, 0.4) is 0 Å². The van der Waals surface area contributed by atoms with Crippen molar-refractivity contribution in [2.24, 2.45) is 0 Å². The molecule has 6 nitrogen and oxygen atoms in total. The second kappa shape index (κ2) is 14.7. The summed E-state index contributed by atoms with van der Waals surface area (Å²) in [5.41, 5.74) is 4.61. The molecule has 0 spiro atoms. The first-order valence-corrected chi connectivity index (χ1v) is 13.9. The highest BCUT2D eigenvalue weighted by Crippen LogP contribution is 2.29. The maximum Gasteiger partial charge on any atom is 0.116 e. The van der Waals surface area contributed by atoms with Gasteiger partial charge in [0.1, 0.15) is 18.3 Å². The largest absolute Gasteiger partial charge is 0.388 e. The van der Waals surface area contributed by atoms with Crippen molar-refractivity contribution in [2.75, 3.05) is 6.61 Å². The van der Waals surface area contributed by atoms with Crippen LogP contribution >= 0.6 is 11.6 Å². The van der Waals surface area contributed by atoms with Gasteiger partial charge in [-0.15, -0.1) is 0 Å². The number of hydrogen-bond donors (Lipinski definition) is 1. The quantitative estimate of drug-likeness (QED) is 0.157. The van der Waals surface area contributed by atoms with Gasteiger partial charge < -0.3 is 19.3 Å². The van der Waals surface area contributed by atoms with E-state index in [1.165, 1.54) is 0 Å². The Morgan fingerprint density at radius 3 is 1.90 bits per heavy atom. The molecule has 0 fully saturated rings. The van der Waals surface area contributed by atoms with E-state index in [2.05, 4.69) is 5.10 Å². The zero-order chi connectivity index (χ0) is 28.3. The van der Waals surface area contributed by atoms with E-state index in [0.717, 1.165) is 27.9 Å². The van der Waals surface area contributed by atoms with E-state index >= 15 is 0 Å². The molecule has 1 aromatic heterocycles. The van der Waals surface area contributed by atoms with Crippen LogP contribution in [0.2, 0.25) is 5.02 Å². The zero-order valence-electron chi connectivity index (χ0n) is 22.6. The Bertz CT molecular complexity index is 1460. The smallest absolute Gasteiger partial charge is 0.116 e. The molecule has 3 atom stereocenters. The Hall–Kier alpha value is -3.78. The van der Waals surface area contributed by atoms with Crippen molar-refractivity contribution in [3.63, 3.8) is 0 Å². The van der Waals surface area contributed by atoms with Gasteiger partial charge in [-0.1, -0.05) is 109 Å². The average molecular weight is 569 g/mol. The van der Waals surface area contributed by atoms with Crippen molar-refractivity contribution in [1.82, 2.24) is 9.78 Å². The lowest BCUT2D eigenvalue weighted by Gasteiger charge is -2.31. The number of aliphatic hydroxyl groups excluding tert-OH is 1. The standard InChI is InChI=1S/C34H33ClN2O4/c35-30-17-10-18-31(19-30)37-21-29(20-36-37)33(40-23-27-13-6-2-7-14-27)34(41-24-28-15-8-3-9-16-28)32(38)25-39-22-26-11-4-1-5-12-26/h1-21,32-34,38H,22-25H2/t32-,33-,34-/m1/s1. The lowest BCUT2D eigenvalue weighted by Crippen LogP contribution is -2.39. The van der Waals surface area contributed by atoms with Crippen LogP contribution in [0.25, 0.3) is 5.69 Å². The molecule has 5 aromatic rings. The highest BCUT2D eigenvalue weighted by molar-refractivity contribution is 6.30. The minimum atomic E-state index is -0.974. The molecule has 0 aliphatic carbocycles. The summed E-state index contributed by atoms with van der Waals surface area (Å²) in [6.45, 7) is 1.08. The van der Waals surface area contributed by atoms with Crippen LogP contribution in [0.5, 0.6) is 0 Å². The Balaban J connectivity index is 1.41. The zero-order valence-corrected chi connectivity index (χ0v) is 23.4. The SMILES string of the molecule is O[C@H](COCc1ccccc1)[C@@H](OCc1ccccc1)[C@H](OCc1ccccc1)c1cnn(-c2cccc(Cl)c2)c1. The van der Waals surface area contributed by atoms with E-state index < -0.39 is 18.3 Å². The number of hydrogen-bond acceptors (Lipinski definition) is 5. The monoisotopic (exact) mass is 568 g/mol. The average Bonchev–Trinajstić information content (AvgIpc) is 3.50. The highest BCUT2D eigenvalue weighted by Gasteiger charge is 2.33. The third kappa shape index (κ3) is 8.36. The van der Waals surface area contributed by atoms with E-state index in [1.54, 1.807) is 10.9 Å². The maximum absolute atomic E-state index is 11.5. The number of aliphatic hydroxyl groups is 1. The van der Waals surface area contributed by atoms with E-state index in [4.69, 9.17) is 25.8 Å². The van der Waals surface area contributed by atoms with Crippen molar-refractivity contribution < 1.29 is 19.3 Å². The Kier molecular flexibility index (Phi) is 10.3. The third-order valence-corrected chi connectivity index (χ3v) is 6.87. The van der Waals surface area contributed by atoms with Gasteiger partial charge in [0, 0.05) is 16.8 Å². The van der Waals surface area contributed by atoms with Gasteiger partial charge in [0.25, 0.3) is 0 Å². The first-order chi connectivity index (χ1) is 20.2. The van der Waals surface area contributed by atoms with Crippen molar-refractivity contribution in [3.05, 3.63) is 155 Å². The Morgan fingerprint density at radius 1 is 0.707 bits per heavy atom. The fraction of sp³-hybridized carbons (Fsp3) is 0.206. The predicted molar refractivity (Wildman–Crippen MR) is 160 cm³/mol. The highest BCUT2D eigenvalue weighted by atomic mass is 35.5. The first kappa shape index (κ1) is 28.7. The summed E-state index contributed by atoms with van der Waals surface area (Å²) >= 11 is 6.23. The molecule has 0 bridgehead atoms. The molecule has 1 N–H and O–H groups in total. The topological polar surface area (TPSA) is 65.7 Å². The summed E-state index contributed by atoms with van der Waals surface area (Å²) in [5, 5.41) is 16.7. The minimum Gasteiger partial charge on any atom is -0.388 e. The second-order valence-electron chi connectivity index (χ2n) is 9.74. The summed E-state index contributed by atoms with van der Waals surface area (Å²) in [6, 6.07) is 37.1. The summed E-state index contributed by atoms with van der Waals surface area (Å²) in [7, 11) is 0. The molecule has 0 amide bonds. The van der Waals surface area contributed by atoms with Crippen molar-refractivity contribution in [3.8, 4) is 5.69 Å². The van der Waals surface area contributed by atoms with E-state index in [9.17, 15) is 5.11 Å². The lowest BCUT2D eigenvalue weighted by molar-refractivity contribution is -0.149. The Labute approximate surface area is 245 Å². The third-order valence-electron chi connectivity index (χ3n) is 6.64. The fourth-order valence-electron chi connectivity index (χ4n) is 4.52. The molecule has 0 aliphatic rings. The molecular weight excluding hydrogens is 536 g/mol. The van der Waals surface area contributed by atoms with Crippen molar-refractivity contribution >= 4 is 11.6 Å². The van der Waals surface area contributed by atoms with Gasteiger partial charge in [-0.3, -0.25) is 0 Å². The number of nitrogens with zero attached hydrogens (tertiary/aromatic N) is 2. The molecule has 5 rings (SSSR count). The molecule has 7 heteroatoms. The van der Waals surface area contributed by atoms with Gasteiger partial charge in [-0.2, -0.15) is 5.10 Å². The molecule has 0 saturated carbocycles. The summed E-state index contributed by atoms with van der Waals surface area (Å²) in [5.74, 6) is 0. The van der Waals surface area contributed by atoms with Crippen LogP contribution in [0.1, 0.15) is 28.4 Å². The van der Waals surface area contributed by atoms with Crippen LogP contribution in [0.4, 0.5) is 0 Å². The van der Waals surface area contributed by atoms with Crippen LogP contribution in [0.15, 0.2) is 128 Å². The van der Waals surface area contributed by atoms with Gasteiger partial charge in [0.15, 0.2) is 0 Å². The number of ether oxygens (including phenoxy) is 3. The summed E-state index contributed by atoms with van der Waals surface area (Å²) < 4.78 is 20.6. The van der Waals surface area contributed by atoms with Gasteiger partial charge >= 0.3 is 0 Å². The van der Waals surface area contributed by atoms with E-state index in [-0.39, 0.29) is 6.61 Å². The predicted octanol–water partition coefficient (Wildman–Crippen LogP) is 6.95. The number of rotatable bonds is 14. The molecule has 4 aromatic carbocycles. The summed E-state index contributed by atoms with van der Waals surface area (Å²) in [4.78, 5) is 0. The van der Waals surface area contributed by atoms with E-state index in [0.29, 0.717) is 24.8 Å². The molecular formula is C34H33ClN2O4. The van der Waals surface area contributed by atoms with Crippen molar-refractivity contribution in [1.29, 1.82) is 0 Å². The van der Waals surface area contributed by atoms with Crippen LogP contribution in [-0.4, -0.2) is 33.7 Å². The van der Waals surface area contributed by atoms with E-state index in [1.807, 2.05) is 121 Å². The molecule has 0 radical (unpaired) electrons. The lowest BCUT2D eigenvalue weighted by atomic mass is 10.0. The Morgan fingerprint density at radius 2 is 1.29 bits per heavy atom. The molecule has 41 heavy (non-hydrogen) atoms. The van der Waals surface area contributed by atoms with Gasteiger partial charge in [-0.05, 0) is 34.9 Å². The van der Waals surface area contributed by atoms with Gasteiger partial charge in [0.2, 0.25) is 0 Å². The van der Waals surface area contributed by atoms with Gasteiger partial charge in [0.05, 0.1) is 38.3 Å². The molecule has 0 unspecified atom stereocenters. The second-order valence-corrected chi connectivity index (χ2v) is 10.2. The number of benzene rings is 4. The molecule has 0 aliphatic heterocycles. The summed E-state index contributed by atoms with van der Waals surface area (Å²) in [6.07, 6.45) is 1.27. The molecule has 1 heterocycles. The molecule has 210 valence electrons.